The number of hydrogen-bond donors (Lipinski definition) is 3. The number of hydrogen-bond acceptors (Lipinski definition) is 2. The van der Waals surface area contributed by atoms with Gasteiger partial charge in [0.15, 0.2) is 5.11 Å². The summed E-state index contributed by atoms with van der Waals surface area (Å²) in [6.07, 6.45) is 0. The van der Waals surface area contributed by atoms with Gasteiger partial charge in [0.05, 0.1) is 26.7 Å². The molecule has 6 heteroatoms. The molecule has 26 heavy (non-hydrogen) atoms. The van der Waals surface area contributed by atoms with Crippen LogP contribution >= 0.6 is 23.8 Å². The Labute approximate surface area is 166 Å². The summed E-state index contributed by atoms with van der Waals surface area (Å²) in [4.78, 5) is 1.45. The van der Waals surface area contributed by atoms with E-state index in [1.54, 1.807) is 7.11 Å². The van der Waals surface area contributed by atoms with Crippen LogP contribution in [0, 0.1) is 0 Å². The molecule has 2 aromatic carbocycles. The average Bonchev–Trinajstić information content (AvgIpc) is 2.66. The van der Waals surface area contributed by atoms with Gasteiger partial charge in [0.25, 0.3) is 0 Å². The number of ether oxygens (including phenoxy) is 1. The zero-order valence-corrected chi connectivity index (χ0v) is 17.1. The number of nitrogens with one attached hydrogen (secondary N) is 3. The van der Waals surface area contributed by atoms with Crippen LogP contribution in [0.15, 0.2) is 48.5 Å². The van der Waals surface area contributed by atoms with Crippen LogP contribution in [0.4, 0.5) is 5.69 Å². The fourth-order valence-corrected chi connectivity index (χ4v) is 3.51. The largest absolute Gasteiger partial charge is 0.497 e. The van der Waals surface area contributed by atoms with E-state index < -0.39 is 0 Å². The minimum absolute atomic E-state index is 0.226. The SMILES string of the molecule is CC[NH+](CC)[C@H](CNC(=S)Nc1cccc(OC)c1)c1ccccc1Cl. The molecule has 0 spiro atoms. The minimum atomic E-state index is 0.226. The fourth-order valence-electron chi connectivity index (χ4n) is 3.05. The number of rotatable bonds is 8. The first-order chi connectivity index (χ1) is 12.6. The molecule has 2 rings (SSSR count). The van der Waals surface area contributed by atoms with E-state index in [0.29, 0.717) is 11.7 Å². The highest BCUT2D eigenvalue weighted by molar-refractivity contribution is 7.80. The Hall–Kier alpha value is -1.82. The lowest BCUT2D eigenvalue weighted by Crippen LogP contribution is -3.12. The van der Waals surface area contributed by atoms with Gasteiger partial charge in [-0.2, -0.15) is 0 Å². The van der Waals surface area contributed by atoms with Crippen molar-refractivity contribution in [3.8, 4) is 5.75 Å². The van der Waals surface area contributed by atoms with Gasteiger partial charge in [-0.05, 0) is 44.3 Å². The lowest BCUT2D eigenvalue weighted by Gasteiger charge is -2.28. The first kappa shape index (κ1) is 20.5. The molecule has 4 nitrogen and oxygen atoms in total. The lowest BCUT2D eigenvalue weighted by atomic mass is 10.0. The van der Waals surface area contributed by atoms with Crippen LogP contribution in [0.1, 0.15) is 25.5 Å². The van der Waals surface area contributed by atoms with Gasteiger partial charge >= 0.3 is 0 Å². The molecular weight excluding hydrogens is 366 g/mol. The second kappa shape index (κ2) is 10.4. The van der Waals surface area contributed by atoms with E-state index in [4.69, 9.17) is 28.6 Å². The molecule has 0 fully saturated rings. The molecule has 0 aliphatic heterocycles. The summed E-state index contributed by atoms with van der Waals surface area (Å²) < 4.78 is 5.24. The van der Waals surface area contributed by atoms with Gasteiger partial charge in [0.2, 0.25) is 0 Å². The Balaban J connectivity index is 2.06. The second-order valence-electron chi connectivity index (χ2n) is 6.01. The van der Waals surface area contributed by atoms with E-state index >= 15 is 0 Å². The van der Waals surface area contributed by atoms with Gasteiger partial charge in [-0.3, -0.25) is 0 Å². The van der Waals surface area contributed by atoms with Crippen molar-refractivity contribution < 1.29 is 9.64 Å². The maximum atomic E-state index is 6.45. The van der Waals surface area contributed by atoms with Crippen LogP contribution in [0.2, 0.25) is 5.02 Å². The summed E-state index contributed by atoms with van der Waals surface area (Å²) in [6, 6.07) is 16.0. The van der Waals surface area contributed by atoms with Gasteiger partial charge in [0, 0.05) is 22.3 Å². The first-order valence-electron chi connectivity index (χ1n) is 8.86. The van der Waals surface area contributed by atoms with Crippen molar-refractivity contribution >= 4 is 34.6 Å². The van der Waals surface area contributed by atoms with Crippen LogP contribution in [-0.4, -0.2) is 31.9 Å². The van der Waals surface area contributed by atoms with Crippen molar-refractivity contribution in [1.29, 1.82) is 0 Å². The number of likely N-dealkylation sites (N-methyl/N-ethyl adjacent to an activating group) is 1. The topological polar surface area (TPSA) is 37.7 Å². The Kier molecular flexibility index (Phi) is 8.16. The van der Waals surface area contributed by atoms with Crippen molar-refractivity contribution in [2.75, 3.05) is 32.1 Å². The second-order valence-corrected chi connectivity index (χ2v) is 6.82. The van der Waals surface area contributed by atoms with Gasteiger partial charge in [-0.25, -0.2) is 0 Å². The summed E-state index contributed by atoms with van der Waals surface area (Å²) in [6.45, 7) is 7.12. The molecule has 2 aromatic rings. The van der Waals surface area contributed by atoms with Crippen LogP contribution in [0.5, 0.6) is 5.75 Å². The zero-order valence-electron chi connectivity index (χ0n) is 15.5. The molecule has 0 amide bonds. The molecule has 0 aliphatic carbocycles. The molecule has 0 saturated heterocycles. The maximum absolute atomic E-state index is 6.45. The summed E-state index contributed by atoms with van der Waals surface area (Å²) >= 11 is 11.9. The fraction of sp³-hybridized carbons (Fsp3) is 0.350. The normalized spacial score (nSPS) is 11.9. The molecule has 0 aliphatic rings. The van der Waals surface area contributed by atoms with Crippen molar-refractivity contribution in [2.24, 2.45) is 0 Å². The van der Waals surface area contributed by atoms with Gasteiger partial charge < -0.3 is 20.3 Å². The monoisotopic (exact) mass is 392 g/mol. The van der Waals surface area contributed by atoms with Gasteiger partial charge in [-0.1, -0.05) is 35.9 Å². The third-order valence-corrected chi connectivity index (χ3v) is 5.07. The quantitative estimate of drug-likeness (QED) is 0.602. The predicted octanol–water partition coefficient (Wildman–Crippen LogP) is 3.30. The zero-order chi connectivity index (χ0) is 18.9. The van der Waals surface area contributed by atoms with E-state index in [1.807, 2.05) is 42.5 Å². The van der Waals surface area contributed by atoms with Gasteiger partial charge in [-0.15, -0.1) is 0 Å². The highest BCUT2D eigenvalue weighted by Crippen LogP contribution is 2.21. The Morgan fingerprint density at radius 2 is 1.88 bits per heavy atom. The predicted molar refractivity (Wildman–Crippen MR) is 113 cm³/mol. The van der Waals surface area contributed by atoms with Crippen LogP contribution in [0.3, 0.4) is 0 Å². The van der Waals surface area contributed by atoms with Crippen LogP contribution < -0.4 is 20.3 Å². The standard InChI is InChI=1S/C20H26ClN3OS/c1-4-24(5-2)19(17-11-6-7-12-18(17)21)14-22-20(26)23-15-9-8-10-16(13-15)25-3/h6-13,19H,4-5,14H2,1-3H3,(H2,22,23,26)/p+1/t19-/m1/s1. The number of halogens is 1. The molecule has 0 heterocycles. The van der Waals surface area contributed by atoms with Crippen molar-refractivity contribution in [3.63, 3.8) is 0 Å². The van der Waals surface area contributed by atoms with E-state index in [-0.39, 0.29) is 6.04 Å². The number of methoxy groups -OCH3 is 1. The smallest absolute Gasteiger partial charge is 0.171 e. The number of thiocarbonyl (C=S) groups is 1. The van der Waals surface area contributed by atoms with Crippen LogP contribution in [-0.2, 0) is 0 Å². The molecule has 1 atom stereocenters. The van der Waals surface area contributed by atoms with Gasteiger partial charge in [0.1, 0.15) is 11.8 Å². The maximum Gasteiger partial charge on any atom is 0.171 e. The van der Waals surface area contributed by atoms with E-state index in [0.717, 1.165) is 35.1 Å². The molecule has 3 N–H and O–H groups in total. The highest BCUT2D eigenvalue weighted by atomic mass is 35.5. The lowest BCUT2D eigenvalue weighted by molar-refractivity contribution is -0.927. The molecule has 140 valence electrons. The Morgan fingerprint density at radius 3 is 2.54 bits per heavy atom. The van der Waals surface area contributed by atoms with Crippen molar-refractivity contribution in [3.05, 3.63) is 59.1 Å². The summed E-state index contributed by atoms with van der Waals surface area (Å²) in [5.41, 5.74) is 2.04. The number of benzene rings is 2. The molecule has 0 unspecified atom stereocenters. The first-order valence-corrected chi connectivity index (χ1v) is 9.65. The minimum Gasteiger partial charge on any atom is -0.497 e. The molecule has 0 radical (unpaired) electrons. The molecule has 0 bridgehead atoms. The Bertz CT molecular complexity index is 722. The highest BCUT2D eigenvalue weighted by Gasteiger charge is 2.24. The summed E-state index contributed by atoms with van der Waals surface area (Å²) in [5, 5.41) is 7.94. The average molecular weight is 393 g/mol. The van der Waals surface area contributed by atoms with Crippen molar-refractivity contribution in [1.82, 2.24) is 5.32 Å². The van der Waals surface area contributed by atoms with E-state index in [1.165, 1.54) is 4.90 Å². The number of anilines is 1. The Morgan fingerprint density at radius 1 is 1.15 bits per heavy atom. The van der Waals surface area contributed by atoms with E-state index in [2.05, 4.69) is 30.5 Å². The molecule has 0 saturated carbocycles. The number of quaternary nitrogens is 1. The van der Waals surface area contributed by atoms with Crippen molar-refractivity contribution in [2.45, 2.75) is 19.9 Å². The van der Waals surface area contributed by atoms with E-state index in [9.17, 15) is 0 Å². The molecular formula is C20H27ClN3OS+. The molecule has 0 aromatic heterocycles. The summed E-state index contributed by atoms with van der Waals surface area (Å²) in [7, 11) is 1.65. The third-order valence-electron chi connectivity index (χ3n) is 4.48. The van der Waals surface area contributed by atoms with Crippen LogP contribution in [0.25, 0.3) is 0 Å². The third kappa shape index (κ3) is 5.59. The summed E-state index contributed by atoms with van der Waals surface area (Å²) in [5.74, 6) is 0.791.